The first-order chi connectivity index (χ1) is 12.7. The van der Waals surface area contributed by atoms with E-state index < -0.39 is 0 Å². The molecule has 130 valence electrons. The van der Waals surface area contributed by atoms with Gasteiger partial charge in [-0.25, -0.2) is 14.8 Å². The molecule has 0 unspecified atom stereocenters. The van der Waals surface area contributed by atoms with Crippen molar-refractivity contribution in [1.29, 1.82) is 0 Å². The summed E-state index contributed by atoms with van der Waals surface area (Å²) in [7, 11) is 1.37. The first kappa shape index (κ1) is 16.1. The fraction of sp³-hybridized carbons (Fsp3) is 0.150. The second-order valence-corrected chi connectivity index (χ2v) is 5.99. The van der Waals surface area contributed by atoms with Gasteiger partial charge < -0.3 is 15.0 Å². The number of hydrogen-bond donors (Lipinski definition) is 1. The van der Waals surface area contributed by atoms with E-state index in [4.69, 9.17) is 4.74 Å². The van der Waals surface area contributed by atoms with Crippen LogP contribution in [0.2, 0.25) is 0 Å². The number of nitrogens with one attached hydrogen (secondary N) is 1. The molecule has 4 rings (SSSR count). The van der Waals surface area contributed by atoms with Crippen LogP contribution in [0.15, 0.2) is 60.9 Å². The Morgan fingerprint density at radius 3 is 2.88 bits per heavy atom. The number of carbonyl (C=O) groups excluding carboxylic acids is 1. The summed E-state index contributed by atoms with van der Waals surface area (Å²) in [5, 5.41) is 3.23. The Kier molecular flexibility index (Phi) is 4.23. The number of rotatable bonds is 4. The van der Waals surface area contributed by atoms with Gasteiger partial charge in [-0.05, 0) is 36.2 Å². The number of esters is 1. The number of fused-ring (bicyclic) bond motifs is 1. The highest BCUT2D eigenvalue weighted by Gasteiger charge is 2.21. The van der Waals surface area contributed by atoms with E-state index in [0.717, 1.165) is 24.5 Å². The molecule has 2 aromatic carbocycles. The summed E-state index contributed by atoms with van der Waals surface area (Å²) >= 11 is 0. The van der Waals surface area contributed by atoms with Gasteiger partial charge in [-0.3, -0.25) is 0 Å². The molecule has 0 atom stereocenters. The van der Waals surface area contributed by atoms with Gasteiger partial charge in [-0.1, -0.05) is 24.3 Å². The summed E-state index contributed by atoms with van der Waals surface area (Å²) in [6.45, 7) is 0.896. The van der Waals surface area contributed by atoms with E-state index in [2.05, 4.69) is 38.4 Å². The van der Waals surface area contributed by atoms with Gasteiger partial charge in [-0.15, -0.1) is 0 Å². The molecule has 0 bridgehead atoms. The van der Waals surface area contributed by atoms with E-state index >= 15 is 0 Å². The quantitative estimate of drug-likeness (QED) is 0.727. The molecule has 0 saturated carbocycles. The predicted octanol–water partition coefficient (Wildman–Crippen LogP) is 3.70. The number of hydrogen-bond acceptors (Lipinski definition) is 6. The molecule has 1 aromatic heterocycles. The van der Waals surface area contributed by atoms with Crippen molar-refractivity contribution in [3.63, 3.8) is 0 Å². The van der Waals surface area contributed by atoms with Crippen LogP contribution < -0.4 is 10.2 Å². The van der Waals surface area contributed by atoms with E-state index in [1.807, 2.05) is 18.2 Å². The number of anilines is 4. The Labute approximate surface area is 151 Å². The summed E-state index contributed by atoms with van der Waals surface area (Å²) in [5.41, 5.74) is 3.76. The summed E-state index contributed by atoms with van der Waals surface area (Å²) < 4.78 is 4.76. The number of carbonyl (C=O) groups is 1. The molecule has 1 aliphatic heterocycles. The predicted molar refractivity (Wildman–Crippen MR) is 100 cm³/mol. The minimum absolute atomic E-state index is 0.370. The lowest BCUT2D eigenvalue weighted by Gasteiger charge is -2.18. The van der Waals surface area contributed by atoms with Crippen molar-refractivity contribution < 1.29 is 9.53 Å². The van der Waals surface area contributed by atoms with Gasteiger partial charge in [0.25, 0.3) is 0 Å². The zero-order valence-electron chi connectivity index (χ0n) is 14.3. The van der Waals surface area contributed by atoms with Crippen LogP contribution in [0, 0.1) is 0 Å². The fourth-order valence-electron chi connectivity index (χ4n) is 3.13. The normalized spacial score (nSPS) is 12.6. The molecule has 1 N–H and O–H groups in total. The molecule has 6 heteroatoms. The topological polar surface area (TPSA) is 67.3 Å². The van der Waals surface area contributed by atoms with Crippen molar-refractivity contribution in [2.45, 2.75) is 6.42 Å². The molecule has 0 amide bonds. The van der Waals surface area contributed by atoms with Crippen LogP contribution in [0.25, 0.3) is 0 Å². The van der Waals surface area contributed by atoms with Gasteiger partial charge >= 0.3 is 5.97 Å². The largest absolute Gasteiger partial charge is 0.465 e. The van der Waals surface area contributed by atoms with Gasteiger partial charge in [0, 0.05) is 24.0 Å². The monoisotopic (exact) mass is 346 g/mol. The van der Waals surface area contributed by atoms with Crippen LogP contribution in [0.1, 0.15) is 15.9 Å². The van der Waals surface area contributed by atoms with E-state index in [-0.39, 0.29) is 5.97 Å². The van der Waals surface area contributed by atoms with Gasteiger partial charge in [-0.2, -0.15) is 0 Å². The van der Waals surface area contributed by atoms with Gasteiger partial charge in [0.05, 0.1) is 12.7 Å². The first-order valence-electron chi connectivity index (χ1n) is 8.37. The molecule has 0 radical (unpaired) electrons. The summed E-state index contributed by atoms with van der Waals surface area (Å²) in [6, 6.07) is 17.4. The molecule has 0 spiro atoms. The molecule has 3 aromatic rings. The highest BCUT2D eigenvalue weighted by molar-refractivity contribution is 5.90. The molecular formula is C20H18N4O2. The van der Waals surface area contributed by atoms with Crippen LogP contribution in [0.3, 0.4) is 0 Å². The molecule has 0 fully saturated rings. The maximum absolute atomic E-state index is 11.7. The van der Waals surface area contributed by atoms with Crippen molar-refractivity contribution in [2.24, 2.45) is 0 Å². The number of methoxy groups -OCH3 is 1. The summed E-state index contributed by atoms with van der Waals surface area (Å²) in [4.78, 5) is 22.6. The number of ether oxygens (including phenoxy) is 1. The molecule has 0 aliphatic carbocycles. The van der Waals surface area contributed by atoms with E-state index in [0.29, 0.717) is 11.4 Å². The Hall–Kier alpha value is -3.41. The molecule has 26 heavy (non-hydrogen) atoms. The van der Waals surface area contributed by atoms with E-state index in [1.54, 1.807) is 24.5 Å². The molecule has 6 nitrogen and oxygen atoms in total. The zero-order chi connectivity index (χ0) is 17.9. The molecule has 1 aliphatic rings. The Bertz CT molecular complexity index is 958. The molecular weight excluding hydrogens is 328 g/mol. The first-order valence-corrected chi connectivity index (χ1v) is 8.37. The van der Waals surface area contributed by atoms with Crippen LogP contribution in [-0.4, -0.2) is 29.6 Å². The third-order valence-corrected chi connectivity index (χ3v) is 4.37. The molecule has 0 saturated heterocycles. The van der Waals surface area contributed by atoms with Gasteiger partial charge in [0.1, 0.15) is 18.0 Å². The highest BCUT2D eigenvalue weighted by atomic mass is 16.5. The fourth-order valence-corrected chi connectivity index (χ4v) is 3.13. The average molecular weight is 346 g/mol. The number of aromatic nitrogens is 2. The van der Waals surface area contributed by atoms with E-state index in [1.165, 1.54) is 18.4 Å². The highest BCUT2D eigenvalue weighted by Crippen LogP contribution is 2.33. The Morgan fingerprint density at radius 2 is 2.00 bits per heavy atom. The van der Waals surface area contributed by atoms with Crippen molar-refractivity contribution in [1.82, 2.24) is 9.97 Å². The number of para-hydroxylation sites is 1. The van der Waals surface area contributed by atoms with Crippen LogP contribution >= 0.6 is 0 Å². The van der Waals surface area contributed by atoms with Crippen molar-refractivity contribution in [3.05, 3.63) is 72.1 Å². The average Bonchev–Trinajstić information content (AvgIpc) is 3.12. The van der Waals surface area contributed by atoms with Crippen LogP contribution in [0.4, 0.5) is 23.0 Å². The Balaban J connectivity index is 1.59. The zero-order valence-corrected chi connectivity index (χ0v) is 14.3. The van der Waals surface area contributed by atoms with Gasteiger partial charge in [0.2, 0.25) is 0 Å². The van der Waals surface area contributed by atoms with Crippen molar-refractivity contribution in [3.8, 4) is 0 Å². The number of benzene rings is 2. The maximum Gasteiger partial charge on any atom is 0.337 e. The Morgan fingerprint density at radius 1 is 1.12 bits per heavy atom. The lowest BCUT2D eigenvalue weighted by atomic mass is 10.2. The van der Waals surface area contributed by atoms with Crippen molar-refractivity contribution >= 4 is 29.0 Å². The lowest BCUT2D eigenvalue weighted by molar-refractivity contribution is 0.0601. The van der Waals surface area contributed by atoms with Crippen LogP contribution in [-0.2, 0) is 11.2 Å². The minimum atomic E-state index is -0.370. The van der Waals surface area contributed by atoms with Crippen LogP contribution in [0.5, 0.6) is 0 Å². The number of nitrogens with zero attached hydrogens (tertiary/aromatic N) is 3. The SMILES string of the molecule is COC(=O)c1cccc(Nc2cc(N3CCc4ccccc43)ncn2)c1. The third-order valence-electron chi connectivity index (χ3n) is 4.37. The summed E-state index contributed by atoms with van der Waals surface area (Å²) in [6.07, 6.45) is 2.55. The molecule has 2 heterocycles. The third kappa shape index (κ3) is 3.09. The second kappa shape index (κ2) is 6.84. The van der Waals surface area contributed by atoms with Crippen molar-refractivity contribution in [2.75, 3.05) is 23.9 Å². The summed E-state index contributed by atoms with van der Waals surface area (Å²) in [5.74, 6) is 1.14. The smallest absolute Gasteiger partial charge is 0.337 e. The standard InChI is InChI=1S/C20H18N4O2/c1-26-20(25)15-6-4-7-16(11-15)23-18-12-19(22-13-21-18)24-10-9-14-5-2-3-8-17(14)24/h2-8,11-13H,9-10H2,1H3,(H,21,22,23). The second-order valence-electron chi connectivity index (χ2n) is 5.99. The maximum atomic E-state index is 11.7. The van der Waals surface area contributed by atoms with E-state index in [9.17, 15) is 4.79 Å². The minimum Gasteiger partial charge on any atom is -0.465 e. The lowest BCUT2D eigenvalue weighted by Crippen LogP contribution is -2.15. The van der Waals surface area contributed by atoms with Gasteiger partial charge in [0.15, 0.2) is 0 Å².